The Labute approximate surface area is 304 Å². The molecule has 0 spiro atoms. The van der Waals surface area contributed by atoms with E-state index in [1.165, 1.54) is 110 Å². The Morgan fingerprint density at radius 3 is 1.28 bits per heavy atom. The van der Waals surface area contributed by atoms with Crippen molar-refractivity contribution in [2.75, 3.05) is 0 Å². The number of fused-ring (bicyclic) bond motifs is 4. The molecule has 4 heteroatoms. The molecule has 5 heterocycles. The lowest BCUT2D eigenvalue weighted by Crippen LogP contribution is -2.08. The molecule has 50 heavy (non-hydrogen) atoms. The summed E-state index contributed by atoms with van der Waals surface area (Å²) in [7, 11) is 0. The van der Waals surface area contributed by atoms with Gasteiger partial charge in [0.15, 0.2) is 0 Å². The van der Waals surface area contributed by atoms with E-state index in [9.17, 15) is 0 Å². The first-order valence-electron chi connectivity index (χ1n) is 20.6. The first-order valence-corrected chi connectivity index (χ1v) is 20.6. The van der Waals surface area contributed by atoms with E-state index in [4.69, 9.17) is 20.0 Å². The van der Waals surface area contributed by atoms with E-state index in [2.05, 4.69) is 81.4 Å². The van der Waals surface area contributed by atoms with Crippen LogP contribution < -0.4 is 0 Å². The van der Waals surface area contributed by atoms with Crippen LogP contribution >= 0.6 is 0 Å². The predicted octanol–water partition coefficient (Wildman–Crippen LogP) is 13.7. The standard InChI is InChI=1S/C46H64N4/c1-11-21-23-25-38-41-29(13-3)27-30(47-41)28-40-31(14-4)32(15-5)44(48-40)39(26-24-22-12-2)46-36(19-9)34(17-7)43(50-46)37(20-10)42-33(16-6)35(18-8)45(38)49-42/h27-28H,11-26H2,1-10H3. The normalized spacial score (nSPS) is 19.3. The fraction of sp³-hybridized carbons (Fsp3) is 0.565. The summed E-state index contributed by atoms with van der Waals surface area (Å²) in [5.74, 6) is 0. The molecule has 0 amide bonds. The Morgan fingerprint density at radius 2 is 0.800 bits per heavy atom. The minimum absolute atomic E-state index is 0.905. The summed E-state index contributed by atoms with van der Waals surface area (Å²) in [6.07, 6.45) is 21.4. The molecule has 5 rings (SSSR count). The Morgan fingerprint density at radius 1 is 0.360 bits per heavy atom. The summed E-state index contributed by atoms with van der Waals surface area (Å²) in [6.45, 7) is 23.1. The third-order valence-electron chi connectivity index (χ3n) is 11.3. The van der Waals surface area contributed by atoms with Crippen LogP contribution in [0.3, 0.4) is 0 Å². The molecule has 0 atom stereocenters. The zero-order valence-electron chi connectivity index (χ0n) is 33.3. The average Bonchev–Trinajstić information content (AvgIpc) is 3.89. The van der Waals surface area contributed by atoms with Gasteiger partial charge in [-0.2, -0.15) is 0 Å². The second kappa shape index (κ2) is 17.2. The van der Waals surface area contributed by atoms with E-state index in [1.807, 2.05) is 0 Å². The quantitative estimate of drug-likeness (QED) is 0.147. The summed E-state index contributed by atoms with van der Waals surface area (Å²) in [5, 5.41) is 0. The highest BCUT2D eigenvalue weighted by atomic mass is 14.9. The number of hydrogen-bond acceptors (Lipinski definition) is 4. The van der Waals surface area contributed by atoms with Crippen LogP contribution in [0, 0.1) is 0 Å². The molecule has 0 saturated heterocycles. The fourth-order valence-electron chi connectivity index (χ4n) is 8.76. The Bertz CT molecular complexity index is 1760. The summed E-state index contributed by atoms with van der Waals surface area (Å²) in [6, 6.07) is 0. The molecule has 0 N–H and O–H groups in total. The topological polar surface area (TPSA) is 49.4 Å². The van der Waals surface area contributed by atoms with E-state index >= 15 is 0 Å². The lowest BCUT2D eigenvalue weighted by molar-refractivity contribution is 0.719. The maximum atomic E-state index is 5.76. The van der Waals surface area contributed by atoms with E-state index in [1.54, 1.807) is 0 Å². The van der Waals surface area contributed by atoms with Crippen molar-refractivity contribution in [1.82, 2.24) is 0 Å². The molecule has 0 fully saturated rings. The maximum absolute atomic E-state index is 5.76. The van der Waals surface area contributed by atoms with E-state index in [-0.39, 0.29) is 0 Å². The lowest BCUT2D eigenvalue weighted by atomic mass is 9.87. The van der Waals surface area contributed by atoms with Gasteiger partial charge >= 0.3 is 0 Å². The van der Waals surface area contributed by atoms with Crippen LogP contribution in [0.5, 0.6) is 0 Å². The van der Waals surface area contributed by atoms with Crippen molar-refractivity contribution in [2.45, 2.75) is 172 Å². The van der Waals surface area contributed by atoms with Crippen LogP contribution in [0.2, 0.25) is 0 Å². The molecule has 0 aromatic heterocycles. The van der Waals surface area contributed by atoms with Crippen LogP contribution in [0.1, 0.15) is 172 Å². The number of rotatable bonds is 16. The van der Waals surface area contributed by atoms with Gasteiger partial charge in [0, 0.05) is 16.7 Å². The van der Waals surface area contributed by atoms with Gasteiger partial charge in [0.25, 0.3) is 0 Å². The maximum Gasteiger partial charge on any atom is 0.0726 e. The van der Waals surface area contributed by atoms with Crippen molar-refractivity contribution in [3.8, 4) is 0 Å². The molecule has 0 aliphatic carbocycles. The van der Waals surface area contributed by atoms with Gasteiger partial charge in [-0.3, -0.25) is 0 Å². The summed E-state index contributed by atoms with van der Waals surface area (Å²) < 4.78 is 0. The summed E-state index contributed by atoms with van der Waals surface area (Å²) in [5.41, 5.74) is 23.0. The van der Waals surface area contributed by atoms with Crippen LogP contribution in [0.4, 0.5) is 0 Å². The predicted molar refractivity (Wildman–Crippen MR) is 219 cm³/mol. The molecule has 5 aliphatic rings. The Kier molecular flexibility index (Phi) is 13.0. The van der Waals surface area contributed by atoms with Crippen molar-refractivity contribution in [3.05, 3.63) is 90.7 Å². The second-order valence-electron chi connectivity index (χ2n) is 14.2. The molecule has 0 aromatic carbocycles. The number of allylic oxidation sites excluding steroid dienone is 12. The number of nitrogens with zero attached hydrogens (tertiary/aromatic N) is 4. The smallest absolute Gasteiger partial charge is 0.0726 e. The molecule has 5 aliphatic heterocycles. The molecule has 0 unspecified atom stereocenters. The molecule has 268 valence electrons. The zero-order chi connectivity index (χ0) is 35.9. The van der Waals surface area contributed by atoms with Crippen LogP contribution in [0.15, 0.2) is 111 Å². The molecule has 4 nitrogen and oxygen atoms in total. The van der Waals surface area contributed by atoms with E-state index in [0.717, 1.165) is 94.2 Å². The van der Waals surface area contributed by atoms with Crippen molar-refractivity contribution < 1.29 is 0 Å². The largest absolute Gasteiger partial charge is 0.248 e. The van der Waals surface area contributed by atoms with Crippen molar-refractivity contribution >= 4 is 22.8 Å². The van der Waals surface area contributed by atoms with E-state index < -0.39 is 0 Å². The highest BCUT2D eigenvalue weighted by Crippen LogP contribution is 2.45. The molecular weight excluding hydrogens is 609 g/mol. The fourth-order valence-corrected chi connectivity index (χ4v) is 8.76. The molecular formula is C46H64N4. The summed E-state index contributed by atoms with van der Waals surface area (Å²) >= 11 is 0. The van der Waals surface area contributed by atoms with Gasteiger partial charge in [0.05, 0.1) is 45.6 Å². The monoisotopic (exact) mass is 673 g/mol. The first-order chi connectivity index (χ1) is 24.4. The van der Waals surface area contributed by atoms with Gasteiger partial charge in [-0.15, -0.1) is 0 Å². The first kappa shape index (κ1) is 37.8. The SMILES string of the molecule is CCCCCC1=C2N=C(C=C3C=C(CC)C(=N3)C(CCCCC)=C3N=C(C(CC)=C3CC)C(CC)=C3N=C1C(CC)=C3CC)C(CC)=C2CC. The number of aliphatic imine (C=N–C) groups is 4. The third-order valence-corrected chi connectivity index (χ3v) is 11.3. The molecule has 0 saturated carbocycles. The average molecular weight is 673 g/mol. The molecule has 8 bridgehead atoms. The molecule has 0 radical (unpaired) electrons. The minimum Gasteiger partial charge on any atom is -0.248 e. The zero-order valence-corrected chi connectivity index (χ0v) is 33.3. The Balaban J connectivity index is 1.96. The van der Waals surface area contributed by atoms with Gasteiger partial charge in [0.1, 0.15) is 0 Å². The molecule has 0 aromatic rings. The van der Waals surface area contributed by atoms with Crippen molar-refractivity contribution in [3.63, 3.8) is 0 Å². The van der Waals surface area contributed by atoms with Crippen molar-refractivity contribution in [1.29, 1.82) is 0 Å². The number of unbranched alkanes of at least 4 members (excludes halogenated alkanes) is 4. The highest BCUT2D eigenvalue weighted by molar-refractivity contribution is 6.23. The van der Waals surface area contributed by atoms with E-state index in [0.29, 0.717) is 0 Å². The third kappa shape index (κ3) is 6.93. The van der Waals surface area contributed by atoms with Gasteiger partial charge < -0.3 is 0 Å². The van der Waals surface area contributed by atoms with Crippen LogP contribution in [0.25, 0.3) is 0 Å². The summed E-state index contributed by atoms with van der Waals surface area (Å²) in [4.78, 5) is 22.6. The second-order valence-corrected chi connectivity index (χ2v) is 14.2. The number of hydrogen-bond donors (Lipinski definition) is 0. The van der Waals surface area contributed by atoms with Crippen LogP contribution in [-0.2, 0) is 0 Å². The van der Waals surface area contributed by atoms with Gasteiger partial charge in [0.2, 0.25) is 0 Å². The van der Waals surface area contributed by atoms with Gasteiger partial charge in [-0.1, -0.05) is 94.9 Å². The van der Waals surface area contributed by atoms with Gasteiger partial charge in [-0.25, -0.2) is 20.0 Å². The van der Waals surface area contributed by atoms with Gasteiger partial charge in [-0.05, 0) is 128 Å². The Hall–Kier alpha value is -3.40. The highest BCUT2D eigenvalue weighted by Gasteiger charge is 2.35. The lowest BCUT2D eigenvalue weighted by Gasteiger charge is -2.15. The van der Waals surface area contributed by atoms with Crippen LogP contribution in [-0.4, -0.2) is 22.8 Å². The van der Waals surface area contributed by atoms with Crippen molar-refractivity contribution in [2.24, 2.45) is 20.0 Å². The minimum atomic E-state index is 0.905.